The minimum absolute atomic E-state index is 0.0174. The van der Waals surface area contributed by atoms with Gasteiger partial charge in [0.15, 0.2) is 17.7 Å². The highest BCUT2D eigenvalue weighted by atomic mass is 16.5. The molecule has 3 aliphatic rings. The van der Waals surface area contributed by atoms with Crippen molar-refractivity contribution in [1.82, 2.24) is 10.3 Å². The lowest BCUT2D eigenvalue weighted by molar-refractivity contribution is -0.123. The number of primary amides is 1. The van der Waals surface area contributed by atoms with Crippen molar-refractivity contribution >= 4 is 17.5 Å². The lowest BCUT2D eigenvalue weighted by Crippen LogP contribution is -2.45. The fourth-order valence-electron chi connectivity index (χ4n) is 5.38. The average Bonchev–Trinajstić information content (AvgIpc) is 3.45. The third-order valence-electron chi connectivity index (χ3n) is 7.00. The molecule has 2 amide bonds. The number of carbonyl (C=O) groups excluding carboxylic acids is 2. The number of rotatable bonds is 2. The van der Waals surface area contributed by atoms with Gasteiger partial charge in [0.2, 0.25) is 11.8 Å². The zero-order valence-corrected chi connectivity index (χ0v) is 18.8. The van der Waals surface area contributed by atoms with Crippen molar-refractivity contribution < 1.29 is 18.7 Å². The highest BCUT2D eigenvalue weighted by Crippen LogP contribution is 2.58. The molecule has 4 heterocycles. The van der Waals surface area contributed by atoms with Gasteiger partial charge < -0.3 is 31.3 Å². The SMILES string of the molecule is CC(C)[C@@H]1NC(=O)[C@@H](N)Cc2ccc3c(c2)[C@@]2(c4ccccc4NC2O3)c2oc1nc2C(N)=O. The van der Waals surface area contributed by atoms with Crippen LogP contribution in [0.25, 0.3) is 0 Å². The summed E-state index contributed by atoms with van der Waals surface area (Å²) >= 11 is 0. The Balaban J connectivity index is 1.72. The standard InChI is InChI=1S/C25H25N5O4/c1-11(2)18-23-30-19(21(27)31)20(34-23)25-13-5-3-4-6-16(13)28-24(25)33-17-8-7-12(9-14(17)25)10-15(26)22(32)29-18/h3-9,11,15,18,24,28H,10,26H2,1-2H3,(H2,27,31)(H,29,32)/t15-,18-,24?,25-/m0/s1. The molecule has 1 unspecified atom stereocenters. The second-order valence-electron chi connectivity index (χ2n) is 9.46. The molecule has 0 radical (unpaired) electrons. The van der Waals surface area contributed by atoms with Crippen LogP contribution in [0.3, 0.4) is 0 Å². The van der Waals surface area contributed by atoms with E-state index in [9.17, 15) is 9.59 Å². The Morgan fingerprint density at radius 1 is 1.18 bits per heavy atom. The molecule has 0 saturated heterocycles. The molecule has 1 aromatic heterocycles. The van der Waals surface area contributed by atoms with Crippen molar-refractivity contribution in [3.8, 4) is 5.75 Å². The minimum atomic E-state index is -0.994. The van der Waals surface area contributed by atoms with E-state index in [-0.39, 0.29) is 23.4 Å². The summed E-state index contributed by atoms with van der Waals surface area (Å²) in [6.07, 6.45) is -0.229. The van der Waals surface area contributed by atoms with E-state index in [0.29, 0.717) is 17.9 Å². The van der Waals surface area contributed by atoms with Gasteiger partial charge in [-0.3, -0.25) is 9.59 Å². The number of fused-ring (bicyclic) bond motifs is 4. The first-order valence-corrected chi connectivity index (χ1v) is 11.3. The largest absolute Gasteiger partial charge is 0.469 e. The number of benzene rings is 2. The normalized spacial score (nSPS) is 26.5. The van der Waals surface area contributed by atoms with Gasteiger partial charge in [-0.05, 0) is 35.6 Å². The van der Waals surface area contributed by atoms with Gasteiger partial charge in [-0.1, -0.05) is 44.2 Å². The number of nitrogens with zero attached hydrogens (tertiary/aromatic N) is 1. The molecular formula is C25H25N5O4. The van der Waals surface area contributed by atoms with Gasteiger partial charge >= 0.3 is 0 Å². The van der Waals surface area contributed by atoms with Crippen LogP contribution in [0, 0.1) is 5.92 Å². The zero-order chi connectivity index (χ0) is 23.8. The van der Waals surface area contributed by atoms with Gasteiger partial charge in [0.25, 0.3) is 5.91 Å². The Morgan fingerprint density at radius 3 is 2.74 bits per heavy atom. The topological polar surface area (TPSA) is 146 Å². The number of hydrogen-bond acceptors (Lipinski definition) is 7. The lowest BCUT2D eigenvalue weighted by atomic mass is 9.72. The van der Waals surface area contributed by atoms with Crippen LogP contribution < -0.4 is 26.8 Å². The van der Waals surface area contributed by atoms with E-state index < -0.39 is 29.6 Å². The molecule has 6 rings (SSSR count). The molecular weight excluding hydrogens is 434 g/mol. The summed E-state index contributed by atoms with van der Waals surface area (Å²) in [6.45, 7) is 3.87. The summed E-state index contributed by atoms with van der Waals surface area (Å²) in [6, 6.07) is 12.2. The van der Waals surface area contributed by atoms with Gasteiger partial charge in [0.1, 0.15) is 17.2 Å². The number of anilines is 1. The average molecular weight is 460 g/mol. The third-order valence-corrected chi connectivity index (χ3v) is 7.00. The first kappa shape index (κ1) is 20.7. The molecule has 2 aromatic carbocycles. The van der Waals surface area contributed by atoms with Crippen LogP contribution in [0.1, 0.15) is 58.7 Å². The van der Waals surface area contributed by atoms with Crippen LogP contribution in [0.2, 0.25) is 0 Å². The minimum Gasteiger partial charge on any atom is -0.469 e. The number of carbonyl (C=O) groups is 2. The Hall–Kier alpha value is -3.85. The fourth-order valence-corrected chi connectivity index (χ4v) is 5.38. The van der Waals surface area contributed by atoms with Crippen LogP contribution in [-0.4, -0.2) is 29.1 Å². The second-order valence-corrected chi connectivity index (χ2v) is 9.46. The van der Waals surface area contributed by atoms with E-state index >= 15 is 0 Å². The molecule has 3 aliphatic heterocycles. The molecule has 4 atom stereocenters. The predicted molar refractivity (Wildman–Crippen MR) is 123 cm³/mol. The Morgan fingerprint density at radius 2 is 1.97 bits per heavy atom. The van der Waals surface area contributed by atoms with Gasteiger partial charge in [-0.25, -0.2) is 4.98 Å². The van der Waals surface area contributed by atoms with E-state index in [1.165, 1.54) is 0 Å². The first-order valence-electron chi connectivity index (χ1n) is 11.3. The summed E-state index contributed by atoms with van der Waals surface area (Å²) in [4.78, 5) is 30.1. The monoisotopic (exact) mass is 459 g/mol. The molecule has 0 fully saturated rings. The van der Waals surface area contributed by atoms with Crippen LogP contribution in [0.5, 0.6) is 5.75 Å². The lowest BCUT2D eigenvalue weighted by Gasteiger charge is -2.28. The van der Waals surface area contributed by atoms with Gasteiger partial charge in [-0.2, -0.15) is 0 Å². The quantitative estimate of drug-likeness (QED) is 0.458. The smallest absolute Gasteiger partial charge is 0.271 e. The second kappa shape index (κ2) is 7.07. The zero-order valence-electron chi connectivity index (χ0n) is 18.8. The van der Waals surface area contributed by atoms with Gasteiger partial charge in [-0.15, -0.1) is 0 Å². The number of ether oxygens (including phenoxy) is 1. The maximum Gasteiger partial charge on any atom is 0.271 e. The van der Waals surface area contributed by atoms with E-state index in [0.717, 1.165) is 22.4 Å². The highest BCUT2D eigenvalue weighted by molar-refractivity contribution is 5.93. The molecule has 34 heavy (non-hydrogen) atoms. The van der Waals surface area contributed by atoms with Gasteiger partial charge in [0.05, 0.1) is 6.04 Å². The number of aromatic nitrogens is 1. The summed E-state index contributed by atoms with van der Waals surface area (Å²) in [5.74, 6) is 0.0472. The molecule has 0 saturated carbocycles. The van der Waals surface area contributed by atoms with Crippen molar-refractivity contribution in [1.29, 1.82) is 0 Å². The summed E-state index contributed by atoms with van der Waals surface area (Å²) in [5.41, 5.74) is 14.6. The molecule has 1 spiro atoms. The van der Waals surface area contributed by atoms with Crippen molar-refractivity contribution in [2.24, 2.45) is 17.4 Å². The molecule has 9 heteroatoms. The maximum atomic E-state index is 12.9. The number of nitrogens with one attached hydrogen (secondary N) is 2. The van der Waals surface area contributed by atoms with Gasteiger partial charge in [0, 0.05) is 11.3 Å². The van der Waals surface area contributed by atoms with Crippen LogP contribution in [-0.2, 0) is 16.6 Å². The van der Waals surface area contributed by atoms with Crippen LogP contribution >= 0.6 is 0 Å². The Bertz CT molecular complexity index is 1350. The Kier molecular flexibility index (Phi) is 4.31. The van der Waals surface area contributed by atoms with Crippen LogP contribution in [0.4, 0.5) is 5.69 Å². The molecule has 6 N–H and O–H groups in total. The summed E-state index contributed by atoms with van der Waals surface area (Å²) < 4.78 is 12.8. The number of oxazole rings is 1. The molecule has 4 bridgehead atoms. The first-order chi connectivity index (χ1) is 16.3. The summed E-state index contributed by atoms with van der Waals surface area (Å²) in [5, 5.41) is 6.39. The van der Waals surface area contributed by atoms with Crippen molar-refractivity contribution in [2.45, 2.75) is 44.0 Å². The van der Waals surface area contributed by atoms with Crippen molar-refractivity contribution in [3.05, 3.63) is 76.5 Å². The number of nitrogens with two attached hydrogens (primary N) is 2. The maximum absolute atomic E-state index is 12.9. The van der Waals surface area contributed by atoms with E-state index in [2.05, 4.69) is 15.6 Å². The number of amides is 2. The Labute approximate surface area is 195 Å². The summed E-state index contributed by atoms with van der Waals surface area (Å²) in [7, 11) is 0. The molecule has 3 aromatic rings. The van der Waals surface area contributed by atoms with E-state index in [1.54, 1.807) is 0 Å². The van der Waals surface area contributed by atoms with Crippen molar-refractivity contribution in [2.75, 3.05) is 5.32 Å². The molecule has 9 nitrogen and oxygen atoms in total. The predicted octanol–water partition coefficient (Wildman–Crippen LogP) is 1.95. The van der Waals surface area contributed by atoms with E-state index in [4.69, 9.17) is 20.6 Å². The number of hydrogen-bond donors (Lipinski definition) is 4. The highest BCUT2D eigenvalue weighted by Gasteiger charge is 2.61. The fraction of sp³-hybridized carbons (Fsp3) is 0.320. The third kappa shape index (κ3) is 2.67. The molecule has 174 valence electrons. The van der Waals surface area contributed by atoms with E-state index in [1.807, 2.05) is 56.3 Å². The number of para-hydroxylation sites is 1. The van der Waals surface area contributed by atoms with Crippen LogP contribution in [0.15, 0.2) is 46.9 Å². The molecule has 0 aliphatic carbocycles. The van der Waals surface area contributed by atoms with Crippen molar-refractivity contribution in [3.63, 3.8) is 0 Å².